The van der Waals surface area contributed by atoms with Crippen LogP contribution in [-0.4, -0.2) is 24.5 Å². The number of rotatable bonds is 4. The van der Waals surface area contributed by atoms with Crippen molar-refractivity contribution in [3.8, 4) is 34.0 Å². The molecule has 5 nitrogen and oxygen atoms in total. The molecule has 3 aromatic heterocycles. The fourth-order valence-corrected chi connectivity index (χ4v) is 4.70. The molecule has 172 valence electrons. The lowest BCUT2D eigenvalue weighted by Gasteiger charge is -2.20. The minimum Gasteiger partial charge on any atom is -0.336 e. The van der Waals surface area contributed by atoms with E-state index in [1.165, 1.54) is 0 Å². The molecular weight excluding hydrogens is 465 g/mol. The molecule has 0 aliphatic heterocycles. The smallest absolute Gasteiger partial charge is 0.160 e. The van der Waals surface area contributed by atoms with Gasteiger partial charge in [0.2, 0.25) is 0 Å². The fraction of sp³-hybridized carbons (Fsp3) is 0.222. The standard InChI is InChI=1S/C27H25Cl2N5/c1-16-30-21-14-13-20(31-26(21)34(16)15-27(2,3)4)24-23(17-9-6-5-7-10-17)32-25(33-24)22-18(28)11-8-12-19(22)29/h5-14H,15H2,1-4H3,(H,32,33). The normalized spacial score (nSPS) is 11.9. The molecule has 0 amide bonds. The Hall–Kier alpha value is -3.15. The Morgan fingerprint density at radius 1 is 0.853 bits per heavy atom. The number of H-pyrrole nitrogens is 1. The summed E-state index contributed by atoms with van der Waals surface area (Å²) in [5, 5.41) is 1.07. The van der Waals surface area contributed by atoms with Crippen LogP contribution in [0.2, 0.25) is 10.0 Å². The zero-order chi connectivity index (χ0) is 24.0. The quantitative estimate of drug-likeness (QED) is 0.279. The molecule has 3 heterocycles. The molecule has 0 aliphatic rings. The third-order valence-corrected chi connectivity index (χ3v) is 6.25. The van der Waals surface area contributed by atoms with E-state index in [1.807, 2.05) is 67.6 Å². The van der Waals surface area contributed by atoms with Crippen molar-refractivity contribution in [2.24, 2.45) is 5.41 Å². The molecule has 5 aromatic rings. The summed E-state index contributed by atoms with van der Waals surface area (Å²) in [5.41, 5.74) is 5.85. The fourth-order valence-electron chi connectivity index (χ4n) is 4.12. The molecule has 2 aromatic carbocycles. The van der Waals surface area contributed by atoms with E-state index in [2.05, 4.69) is 30.3 Å². The molecule has 0 saturated carbocycles. The van der Waals surface area contributed by atoms with Crippen LogP contribution in [0, 0.1) is 12.3 Å². The van der Waals surface area contributed by atoms with Gasteiger partial charge in [0, 0.05) is 12.1 Å². The number of hydrogen-bond acceptors (Lipinski definition) is 3. The first-order valence-electron chi connectivity index (χ1n) is 11.2. The van der Waals surface area contributed by atoms with Crippen molar-refractivity contribution < 1.29 is 0 Å². The number of benzene rings is 2. The van der Waals surface area contributed by atoms with E-state index >= 15 is 0 Å². The minimum absolute atomic E-state index is 0.0905. The van der Waals surface area contributed by atoms with E-state index in [0.717, 1.165) is 46.2 Å². The van der Waals surface area contributed by atoms with Gasteiger partial charge in [-0.05, 0) is 36.6 Å². The third kappa shape index (κ3) is 4.22. The lowest BCUT2D eigenvalue weighted by molar-refractivity contribution is 0.344. The van der Waals surface area contributed by atoms with Gasteiger partial charge in [0.15, 0.2) is 5.65 Å². The second-order valence-electron chi connectivity index (χ2n) is 9.62. The first-order valence-corrected chi connectivity index (χ1v) is 11.9. The number of imidazole rings is 2. The van der Waals surface area contributed by atoms with Crippen molar-refractivity contribution in [1.29, 1.82) is 0 Å². The number of nitrogens with one attached hydrogen (secondary N) is 1. The predicted octanol–water partition coefficient (Wildman–Crippen LogP) is 7.82. The van der Waals surface area contributed by atoms with Crippen LogP contribution in [0.15, 0.2) is 60.7 Å². The molecular formula is C27H25Cl2N5. The van der Waals surface area contributed by atoms with E-state index in [9.17, 15) is 0 Å². The van der Waals surface area contributed by atoms with E-state index in [1.54, 1.807) is 0 Å². The highest BCUT2D eigenvalue weighted by Crippen LogP contribution is 2.38. The van der Waals surface area contributed by atoms with Gasteiger partial charge in [0.25, 0.3) is 0 Å². The Kier molecular flexibility index (Phi) is 5.70. The van der Waals surface area contributed by atoms with E-state index in [-0.39, 0.29) is 5.41 Å². The van der Waals surface area contributed by atoms with E-state index in [0.29, 0.717) is 21.4 Å². The highest BCUT2D eigenvalue weighted by Gasteiger charge is 2.21. The Bertz CT molecular complexity index is 1470. The van der Waals surface area contributed by atoms with Gasteiger partial charge in [-0.25, -0.2) is 15.0 Å². The Labute approximate surface area is 208 Å². The molecule has 7 heteroatoms. The van der Waals surface area contributed by atoms with Gasteiger partial charge >= 0.3 is 0 Å². The number of aryl methyl sites for hydroxylation is 1. The van der Waals surface area contributed by atoms with Gasteiger partial charge in [-0.2, -0.15) is 0 Å². The average molecular weight is 490 g/mol. The summed E-state index contributed by atoms with van der Waals surface area (Å²) in [6, 6.07) is 19.5. The summed E-state index contributed by atoms with van der Waals surface area (Å²) in [7, 11) is 0. The highest BCUT2D eigenvalue weighted by molar-refractivity contribution is 6.39. The number of aromatic nitrogens is 5. The largest absolute Gasteiger partial charge is 0.336 e. The monoisotopic (exact) mass is 489 g/mol. The van der Waals surface area contributed by atoms with E-state index < -0.39 is 0 Å². The average Bonchev–Trinajstić information content (AvgIpc) is 3.35. The molecule has 0 saturated heterocycles. The number of hydrogen-bond donors (Lipinski definition) is 1. The van der Waals surface area contributed by atoms with Gasteiger partial charge < -0.3 is 9.55 Å². The zero-order valence-electron chi connectivity index (χ0n) is 19.5. The topological polar surface area (TPSA) is 59.4 Å². The first kappa shape index (κ1) is 22.6. The van der Waals surface area contributed by atoms with Crippen molar-refractivity contribution in [3.05, 3.63) is 76.5 Å². The molecule has 0 bridgehead atoms. The number of pyridine rings is 1. The van der Waals surface area contributed by atoms with Gasteiger partial charge in [-0.15, -0.1) is 0 Å². The summed E-state index contributed by atoms with van der Waals surface area (Å²) in [4.78, 5) is 18.2. The maximum Gasteiger partial charge on any atom is 0.160 e. The summed E-state index contributed by atoms with van der Waals surface area (Å²) in [6.45, 7) is 9.48. The summed E-state index contributed by atoms with van der Waals surface area (Å²) < 4.78 is 2.18. The lowest BCUT2D eigenvalue weighted by atomic mass is 9.97. The first-order chi connectivity index (χ1) is 16.2. The van der Waals surface area contributed by atoms with Gasteiger partial charge in [0.1, 0.15) is 17.2 Å². The highest BCUT2D eigenvalue weighted by atomic mass is 35.5. The van der Waals surface area contributed by atoms with Crippen molar-refractivity contribution in [3.63, 3.8) is 0 Å². The van der Waals surface area contributed by atoms with Crippen LogP contribution in [0.1, 0.15) is 26.6 Å². The molecule has 5 rings (SSSR count). The van der Waals surface area contributed by atoms with Crippen LogP contribution in [0.4, 0.5) is 0 Å². The molecule has 0 atom stereocenters. The van der Waals surface area contributed by atoms with Crippen molar-refractivity contribution in [1.82, 2.24) is 24.5 Å². The number of fused-ring (bicyclic) bond motifs is 1. The second kappa shape index (κ2) is 8.57. The van der Waals surface area contributed by atoms with Crippen molar-refractivity contribution >= 4 is 34.4 Å². The van der Waals surface area contributed by atoms with Crippen LogP contribution in [0.25, 0.3) is 45.2 Å². The van der Waals surface area contributed by atoms with Crippen molar-refractivity contribution in [2.75, 3.05) is 0 Å². The van der Waals surface area contributed by atoms with Crippen LogP contribution < -0.4 is 0 Å². The molecule has 0 unspecified atom stereocenters. The van der Waals surface area contributed by atoms with Gasteiger partial charge in [0.05, 0.1) is 32.7 Å². The Balaban J connectivity index is 1.73. The molecule has 0 aliphatic carbocycles. The summed E-state index contributed by atoms with van der Waals surface area (Å²) in [6.07, 6.45) is 0. The van der Waals surface area contributed by atoms with Crippen LogP contribution in [0.5, 0.6) is 0 Å². The second-order valence-corrected chi connectivity index (χ2v) is 10.4. The SMILES string of the molecule is Cc1nc2ccc(-c3[nH]c(-c4c(Cl)cccc4Cl)nc3-c3ccccc3)nc2n1CC(C)(C)C. The lowest BCUT2D eigenvalue weighted by Crippen LogP contribution is -2.16. The number of aromatic amines is 1. The molecule has 1 N–H and O–H groups in total. The maximum absolute atomic E-state index is 6.51. The number of nitrogens with zero attached hydrogens (tertiary/aromatic N) is 4. The van der Waals surface area contributed by atoms with E-state index in [4.69, 9.17) is 38.2 Å². The van der Waals surface area contributed by atoms with Crippen LogP contribution >= 0.6 is 23.2 Å². The molecule has 34 heavy (non-hydrogen) atoms. The zero-order valence-corrected chi connectivity index (χ0v) is 21.0. The maximum atomic E-state index is 6.51. The predicted molar refractivity (Wildman–Crippen MR) is 140 cm³/mol. The Morgan fingerprint density at radius 2 is 1.56 bits per heavy atom. The van der Waals surface area contributed by atoms with Crippen LogP contribution in [0.3, 0.4) is 0 Å². The van der Waals surface area contributed by atoms with Crippen LogP contribution in [-0.2, 0) is 6.54 Å². The van der Waals surface area contributed by atoms with Crippen molar-refractivity contribution in [2.45, 2.75) is 34.2 Å². The van der Waals surface area contributed by atoms with Gasteiger partial charge in [-0.3, -0.25) is 0 Å². The van der Waals surface area contributed by atoms with Gasteiger partial charge in [-0.1, -0.05) is 80.4 Å². The molecule has 0 radical (unpaired) electrons. The third-order valence-electron chi connectivity index (χ3n) is 5.62. The summed E-state index contributed by atoms with van der Waals surface area (Å²) in [5.74, 6) is 1.55. The Morgan fingerprint density at radius 3 is 2.24 bits per heavy atom. The number of halogens is 2. The molecule has 0 spiro atoms. The minimum atomic E-state index is 0.0905. The summed E-state index contributed by atoms with van der Waals surface area (Å²) >= 11 is 13.0. The molecule has 0 fully saturated rings.